The van der Waals surface area contributed by atoms with Gasteiger partial charge < -0.3 is 25.2 Å². The van der Waals surface area contributed by atoms with Crippen LogP contribution in [0.4, 0.5) is 11.4 Å². The maximum atomic E-state index is 13.3. The Kier molecular flexibility index (Phi) is 6.17. The van der Waals surface area contributed by atoms with Crippen molar-refractivity contribution in [1.29, 1.82) is 5.26 Å². The predicted octanol–water partition coefficient (Wildman–Crippen LogP) is 5.21. The highest BCUT2D eigenvalue weighted by molar-refractivity contribution is 6.13. The molecule has 0 atom stereocenters. The fourth-order valence-corrected chi connectivity index (χ4v) is 4.08. The number of hydrogen-bond acceptors (Lipinski definition) is 6. The van der Waals surface area contributed by atoms with Gasteiger partial charge in [-0.1, -0.05) is 47.6 Å². The van der Waals surface area contributed by atoms with Crippen LogP contribution in [0.3, 0.4) is 0 Å². The molecule has 38 heavy (non-hydrogen) atoms. The van der Waals surface area contributed by atoms with Crippen LogP contribution in [0.2, 0.25) is 0 Å². The normalized spacial score (nSPS) is 10.6. The Labute approximate surface area is 215 Å². The highest BCUT2D eigenvalue weighted by atomic mass is 16.5. The minimum atomic E-state index is -1.28. The van der Waals surface area contributed by atoms with Gasteiger partial charge in [0.2, 0.25) is 0 Å². The number of anilines is 2. The van der Waals surface area contributed by atoms with Crippen molar-refractivity contribution in [2.45, 2.75) is 6.92 Å². The monoisotopic (exact) mass is 505 g/mol. The van der Waals surface area contributed by atoms with E-state index in [0.29, 0.717) is 39.2 Å². The molecule has 10 nitrogen and oxygen atoms in total. The smallest absolute Gasteiger partial charge is 0.337 e. The summed E-state index contributed by atoms with van der Waals surface area (Å²) in [7, 11) is 0. The molecule has 0 unspecified atom stereocenters. The summed E-state index contributed by atoms with van der Waals surface area (Å²) in [5, 5.41) is 28.6. The molecule has 0 fully saturated rings. The van der Waals surface area contributed by atoms with Crippen molar-refractivity contribution in [3.63, 3.8) is 0 Å². The molecule has 0 aliphatic carbocycles. The second-order valence-electron chi connectivity index (χ2n) is 8.38. The zero-order chi connectivity index (χ0) is 26.8. The molecule has 0 aliphatic heterocycles. The number of hydrogen-bond donors (Lipinski definition) is 4. The third-order valence-corrected chi connectivity index (χ3v) is 5.90. The first kappa shape index (κ1) is 24.0. The average Bonchev–Trinajstić information content (AvgIpc) is 3.54. The molecule has 2 heterocycles. The van der Waals surface area contributed by atoms with E-state index >= 15 is 0 Å². The first-order valence-electron chi connectivity index (χ1n) is 11.4. The van der Waals surface area contributed by atoms with Gasteiger partial charge in [-0.3, -0.25) is 9.59 Å². The maximum absolute atomic E-state index is 13.3. The van der Waals surface area contributed by atoms with Crippen LogP contribution in [0.5, 0.6) is 0 Å². The molecule has 0 bridgehead atoms. The fraction of sp³-hybridized carbons (Fsp3) is 0.0357. The maximum Gasteiger partial charge on any atom is 0.337 e. The van der Waals surface area contributed by atoms with E-state index in [0.717, 1.165) is 0 Å². The van der Waals surface area contributed by atoms with Crippen molar-refractivity contribution in [3.05, 3.63) is 101 Å². The number of aromatic nitrogens is 2. The minimum Gasteiger partial charge on any atom is -0.478 e. The van der Waals surface area contributed by atoms with Crippen molar-refractivity contribution in [1.82, 2.24) is 10.1 Å². The van der Waals surface area contributed by atoms with Crippen LogP contribution in [0.25, 0.3) is 22.2 Å². The van der Waals surface area contributed by atoms with Gasteiger partial charge in [0.25, 0.3) is 11.8 Å². The van der Waals surface area contributed by atoms with Crippen molar-refractivity contribution in [2.24, 2.45) is 0 Å². The molecule has 0 aliphatic rings. The van der Waals surface area contributed by atoms with E-state index in [2.05, 4.69) is 20.8 Å². The summed E-state index contributed by atoms with van der Waals surface area (Å²) in [5.41, 5.74) is 2.49. The van der Waals surface area contributed by atoms with Gasteiger partial charge >= 0.3 is 5.97 Å². The molecular weight excluding hydrogens is 486 g/mol. The molecule has 0 radical (unpaired) electrons. The van der Waals surface area contributed by atoms with Gasteiger partial charge in [-0.15, -0.1) is 0 Å². The molecule has 0 saturated carbocycles. The quantitative estimate of drug-likeness (QED) is 0.246. The lowest BCUT2D eigenvalue weighted by atomic mass is 10.1. The van der Waals surface area contributed by atoms with Gasteiger partial charge in [0.05, 0.1) is 39.8 Å². The Bertz CT molecular complexity index is 1760. The van der Waals surface area contributed by atoms with Crippen LogP contribution in [-0.2, 0) is 0 Å². The van der Waals surface area contributed by atoms with Gasteiger partial charge in [-0.2, -0.15) is 5.26 Å². The van der Waals surface area contributed by atoms with Crippen LogP contribution >= 0.6 is 0 Å². The number of nitrogens with zero attached hydrogens (tertiary/aromatic N) is 2. The van der Waals surface area contributed by atoms with E-state index in [1.807, 2.05) is 36.4 Å². The number of carboxylic acids is 1. The molecule has 5 rings (SSSR count). The lowest BCUT2D eigenvalue weighted by molar-refractivity contribution is 0.0697. The van der Waals surface area contributed by atoms with Crippen molar-refractivity contribution in [3.8, 4) is 17.4 Å². The number of benzene rings is 3. The fourth-order valence-electron chi connectivity index (χ4n) is 4.08. The number of carbonyl (C=O) groups excluding carboxylic acids is 2. The third kappa shape index (κ3) is 4.47. The Morgan fingerprint density at radius 3 is 2.45 bits per heavy atom. The van der Waals surface area contributed by atoms with Gasteiger partial charge in [0, 0.05) is 10.9 Å². The summed E-state index contributed by atoms with van der Waals surface area (Å²) in [4.78, 5) is 40.9. The topological polar surface area (TPSA) is 161 Å². The first-order valence-corrected chi connectivity index (χ1v) is 11.4. The van der Waals surface area contributed by atoms with Crippen LogP contribution in [0, 0.1) is 18.3 Å². The number of rotatable bonds is 6. The second kappa shape index (κ2) is 9.75. The number of fused-ring (bicyclic) bond motifs is 1. The van der Waals surface area contributed by atoms with E-state index in [1.54, 1.807) is 31.2 Å². The molecule has 186 valence electrons. The van der Waals surface area contributed by atoms with Crippen LogP contribution in [-0.4, -0.2) is 33.0 Å². The molecule has 0 spiro atoms. The number of carbonyl (C=O) groups is 3. The van der Waals surface area contributed by atoms with Crippen molar-refractivity contribution in [2.75, 3.05) is 10.6 Å². The Balaban J connectivity index is 1.43. The lowest BCUT2D eigenvalue weighted by Gasteiger charge is -2.08. The summed E-state index contributed by atoms with van der Waals surface area (Å²) < 4.78 is 5.43. The number of amides is 2. The zero-order valence-electron chi connectivity index (χ0n) is 19.9. The average molecular weight is 505 g/mol. The molecule has 0 saturated heterocycles. The Hall–Kier alpha value is -5.69. The standard InChI is InChI=1S/C28H19N5O5/c1-15-23(25(38-33-15)17-6-3-2-4-7-17)27(35)32-21-9-5-8-18-13-22(30-24(18)21)26(34)31-20-11-10-16(14-29)12-19(20)28(36)37/h2-13,30H,1H3,(H,31,34)(H,32,35)(H,36,37). The van der Waals surface area contributed by atoms with Gasteiger partial charge in [-0.25, -0.2) is 4.79 Å². The number of H-pyrrole nitrogens is 1. The number of aromatic carboxylic acids is 1. The molecule has 3 aromatic carbocycles. The number of carboxylic acid groups (broad SMARTS) is 1. The van der Waals surface area contributed by atoms with Gasteiger partial charge in [0.15, 0.2) is 5.76 Å². The molecule has 10 heteroatoms. The number of nitrogens with one attached hydrogen (secondary N) is 3. The van der Waals surface area contributed by atoms with Crippen molar-refractivity contribution >= 4 is 40.1 Å². The zero-order valence-corrected chi connectivity index (χ0v) is 19.9. The van der Waals surface area contributed by atoms with Crippen molar-refractivity contribution < 1.29 is 24.0 Å². The minimum absolute atomic E-state index is 0.0463. The SMILES string of the molecule is Cc1noc(-c2ccccc2)c1C(=O)Nc1cccc2cc(C(=O)Nc3ccc(C#N)cc3C(=O)O)[nH]c12. The Morgan fingerprint density at radius 2 is 1.71 bits per heavy atom. The largest absolute Gasteiger partial charge is 0.478 e. The van der Waals surface area contributed by atoms with Crippen LogP contribution in [0.1, 0.15) is 42.5 Å². The van der Waals surface area contributed by atoms with E-state index in [9.17, 15) is 19.5 Å². The number of aromatic amines is 1. The molecule has 2 aromatic heterocycles. The molecule has 5 aromatic rings. The van der Waals surface area contributed by atoms with E-state index < -0.39 is 17.8 Å². The highest BCUT2D eigenvalue weighted by Crippen LogP contribution is 2.29. The summed E-state index contributed by atoms with van der Waals surface area (Å²) in [6, 6.07) is 21.8. The van der Waals surface area contributed by atoms with Gasteiger partial charge in [0.1, 0.15) is 11.3 Å². The van der Waals surface area contributed by atoms with E-state index in [-0.39, 0.29) is 22.5 Å². The first-order chi connectivity index (χ1) is 18.4. The van der Waals surface area contributed by atoms with E-state index in [4.69, 9.17) is 9.78 Å². The van der Waals surface area contributed by atoms with Crippen LogP contribution in [0.15, 0.2) is 77.3 Å². The number of para-hydroxylation sites is 1. The summed E-state index contributed by atoms with van der Waals surface area (Å²) in [6.07, 6.45) is 0. The van der Waals surface area contributed by atoms with E-state index in [1.165, 1.54) is 18.2 Å². The summed E-state index contributed by atoms with van der Waals surface area (Å²) in [5.74, 6) is -1.96. The predicted molar refractivity (Wildman–Crippen MR) is 139 cm³/mol. The Morgan fingerprint density at radius 1 is 0.947 bits per heavy atom. The molecule has 4 N–H and O–H groups in total. The summed E-state index contributed by atoms with van der Waals surface area (Å²) >= 11 is 0. The van der Waals surface area contributed by atoms with Crippen LogP contribution < -0.4 is 10.6 Å². The third-order valence-electron chi connectivity index (χ3n) is 5.90. The summed E-state index contributed by atoms with van der Waals surface area (Å²) in [6.45, 7) is 1.68. The number of aryl methyl sites for hydroxylation is 1. The second-order valence-corrected chi connectivity index (χ2v) is 8.38. The lowest BCUT2D eigenvalue weighted by Crippen LogP contribution is -2.15. The molecular formula is C28H19N5O5. The van der Waals surface area contributed by atoms with Gasteiger partial charge in [-0.05, 0) is 37.3 Å². The highest BCUT2D eigenvalue weighted by Gasteiger charge is 2.23. The molecule has 2 amide bonds. The number of nitriles is 1.